The molecule has 1 unspecified atom stereocenters. The van der Waals surface area contributed by atoms with Crippen LogP contribution in [0, 0.1) is 11.8 Å². The van der Waals surface area contributed by atoms with Gasteiger partial charge in [0.05, 0.1) is 13.2 Å². The zero-order chi connectivity index (χ0) is 13.5. The summed E-state index contributed by atoms with van der Waals surface area (Å²) in [6.07, 6.45) is 6.37. The lowest BCUT2D eigenvalue weighted by Crippen LogP contribution is -2.44. The molecular weight excluding hydrogens is 230 g/mol. The number of ketones is 1. The number of ether oxygens (including phenoxy) is 1. The van der Waals surface area contributed by atoms with E-state index in [2.05, 4.69) is 10.1 Å². The Bertz CT molecular complexity index is 283. The lowest BCUT2D eigenvalue weighted by atomic mass is 9.83. The number of carbonyl (C=O) groups excluding carboxylic acids is 2. The Labute approximate surface area is 109 Å². The minimum Gasteiger partial charge on any atom is -0.453 e. The molecular formula is C14H25NO3. The number of hydrogen-bond donors (Lipinski definition) is 1. The number of nitrogens with one attached hydrogen (secondary N) is 1. The Morgan fingerprint density at radius 2 is 1.83 bits per heavy atom. The lowest BCUT2D eigenvalue weighted by molar-refractivity contribution is -0.124. The SMILES string of the molecule is COC(=O)NC(CC1CCCCC1)C(=O)C(C)C. The van der Waals surface area contributed by atoms with Crippen LogP contribution in [0.5, 0.6) is 0 Å². The largest absolute Gasteiger partial charge is 0.453 e. The van der Waals surface area contributed by atoms with Crippen LogP contribution >= 0.6 is 0 Å². The molecule has 1 amide bonds. The molecule has 0 spiro atoms. The van der Waals surface area contributed by atoms with Crippen molar-refractivity contribution in [1.29, 1.82) is 0 Å². The summed E-state index contributed by atoms with van der Waals surface area (Å²) < 4.78 is 4.60. The average Bonchev–Trinajstić information content (AvgIpc) is 2.38. The maximum atomic E-state index is 12.1. The van der Waals surface area contributed by atoms with E-state index in [1.807, 2.05) is 13.8 Å². The van der Waals surface area contributed by atoms with Gasteiger partial charge in [-0.3, -0.25) is 4.79 Å². The van der Waals surface area contributed by atoms with Crippen LogP contribution < -0.4 is 5.32 Å². The van der Waals surface area contributed by atoms with Crippen LogP contribution in [-0.4, -0.2) is 25.0 Å². The first-order valence-electron chi connectivity index (χ1n) is 6.92. The summed E-state index contributed by atoms with van der Waals surface area (Å²) in [4.78, 5) is 23.4. The minimum absolute atomic E-state index is 0.0595. The molecule has 1 rings (SSSR count). The Kier molecular flexibility index (Phi) is 6.16. The van der Waals surface area contributed by atoms with Crippen molar-refractivity contribution in [3.05, 3.63) is 0 Å². The van der Waals surface area contributed by atoms with Crippen LogP contribution in [-0.2, 0) is 9.53 Å². The van der Waals surface area contributed by atoms with Crippen molar-refractivity contribution in [2.24, 2.45) is 11.8 Å². The molecule has 0 bridgehead atoms. The van der Waals surface area contributed by atoms with Gasteiger partial charge in [-0.15, -0.1) is 0 Å². The number of carbonyl (C=O) groups is 2. The topological polar surface area (TPSA) is 55.4 Å². The molecule has 0 heterocycles. The standard InChI is InChI=1S/C14H25NO3/c1-10(2)13(16)12(15-14(17)18-3)9-11-7-5-4-6-8-11/h10-12H,4-9H2,1-3H3,(H,15,17). The van der Waals surface area contributed by atoms with E-state index in [1.165, 1.54) is 39.2 Å². The highest BCUT2D eigenvalue weighted by molar-refractivity contribution is 5.88. The zero-order valence-corrected chi connectivity index (χ0v) is 11.7. The molecule has 1 saturated carbocycles. The monoisotopic (exact) mass is 255 g/mol. The molecule has 1 atom stereocenters. The number of alkyl carbamates (subject to hydrolysis) is 1. The summed E-state index contributed by atoms with van der Waals surface area (Å²) in [5.74, 6) is 0.602. The fourth-order valence-corrected chi connectivity index (χ4v) is 2.61. The molecule has 0 aliphatic heterocycles. The summed E-state index contributed by atoms with van der Waals surface area (Å²) in [5, 5.41) is 2.68. The Morgan fingerprint density at radius 1 is 1.22 bits per heavy atom. The van der Waals surface area contributed by atoms with Crippen molar-refractivity contribution in [2.75, 3.05) is 7.11 Å². The van der Waals surface area contributed by atoms with Crippen molar-refractivity contribution >= 4 is 11.9 Å². The molecule has 0 aromatic carbocycles. The maximum Gasteiger partial charge on any atom is 0.407 e. The summed E-state index contributed by atoms with van der Waals surface area (Å²) in [7, 11) is 1.33. The molecule has 18 heavy (non-hydrogen) atoms. The highest BCUT2D eigenvalue weighted by atomic mass is 16.5. The molecule has 4 nitrogen and oxygen atoms in total. The van der Waals surface area contributed by atoms with Gasteiger partial charge in [-0.2, -0.15) is 0 Å². The van der Waals surface area contributed by atoms with Crippen LogP contribution in [0.4, 0.5) is 4.79 Å². The van der Waals surface area contributed by atoms with E-state index in [9.17, 15) is 9.59 Å². The van der Waals surface area contributed by atoms with Crippen LogP contribution in [0.15, 0.2) is 0 Å². The second-order valence-electron chi connectivity index (χ2n) is 5.49. The second kappa shape index (κ2) is 7.39. The van der Waals surface area contributed by atoms with Gasteiger partial charge in [-0.05, 0) is 12.3 Å². The summed E-state index contributed by atoms with van der Waals surface area (Å²) in [5.41, 5.74) is 0. The molecule has 0 radical (unpaired) electrons. The van der Waals surface area contributed by atoms with E-state index in [-0.39, 0.29) is 17.7 Å². The van der Waals surface area contributed by atoms with Crippen LogP contribution in [0.2, 0.25) is 0 Å². The fourth-order valence-electron chi connectivity index (χ4n) is 2.61. The number of methoxy groups -OCH3 is 1. The molecule has 1 N–H and O–H groups in total. The predicted molar refractivity (Wildman–Crippen MR) is 70.4 cm³/mol. The third-order valence-electron chi connectivity index (χ3n) is 3.68. The van der Waals surface area contributed by atoms with Crippen LogP contribution in [0.3, 0.4) is 0 Å². The molecule has 0 saturated heterocycles. The van der Waals surface area contributed by atoms with Gasteiger partial charge in [0.2, 0.25) is 0 Å². The molecule has 1 fully saturated rings. The molecule has 1 aliphatic carbocycles. The second-order valence-corrected chi connectivity index (χ2v) is 5.49. The van der Waals surface area contributed by atoms with Gasteiger partial charge in [-0.25, -0.2) is 4.79 Å². The first-order chi connectivity index (χ1) is 8.54. The normalized spacial score (nSPS) is 18.4. The molecule has 104 valence electrons. The molecule has 1 aliphatic rings. The van der Waals surface area contributed by atoms with Gasteiger partial charge in [0.15, 0.2) is 5.78 Å². The van der Waals surface area contributed by atoms with Crippen molar-refractivity contribution in [1.82, 2.24) is 5.32 Å². The Balaban J connectivity index is 2.58. The van der Waals surface area contributed by atoms with E-state index in [1.54, 1.807) is 0 Å². The summed E-state index contributed by atoms with van der Waals surface area (Å²) >= 11 is 0. The van der Waals surface area contributed by atoms with Crippen molar-refractivity contribution in [3.8, 4) is 0 Å². The van der Waals surface area contributed by atoms with Crippen LogP contribution in [0.25, 0.3) is 0 Å². The van der Waals surface area contributed by atoms with E-state index in [4.69, 9.17) is 0 Å². The lowest BCUT2D eigenvalue weighted by Gasteiger charge is -2.27. The van der Waals surface area contributed by atoms with Crippen molar-refractivity contribution in [3.63, 3.8) is 0 Å². The fraction of sp³-hybridized carbons (Fsp3) is 0.857. The number of Topliss-reactive ketones (excluding diaryl/α,β-unsaturated/α-hetero) is 1. The van der Waals surface area contributed by atoms with Gasteiger partial charge in [0.25, 0.3) is 0 Å². The Morgan fingerprint density at radius 3 is 2.33 bits per heavy atom. The van der Waals surface area contributed by atoms with Gasteiger partial charge in [0, 0.05) is 5.92 Å². The Hall–Kier alpha value is -1.06. The highest BCUT2D eigenvalue weighted by Gasteiger charge is 2.27. The van der Waals surface area contributed by atoms with Gasteiger partial charge >= 0.3 is 6.09 Å². The molecule has 0 aromatic rings. The molecule has 0 aromatic heterocycles. The van der Waals surface area contributed by atoms with Crippen molar-refractivity contribution in [2.45, 2.75) is 58.4 Å². The third kappa shape index (κ3) is 4.67. The third-order valence-corrected chi connectivity index (χ3v) is 3.68. The maximum absolute atomic E-state index is 12.1. The number of rotatable bonds is 5. The quantitative estimate of drug-likeness (QED) is 0.821. The molecule has 4 heteroatoms. The summed E-state index contributed by atoms with van der Waals surface area (Å²) in [6.45, 7) is 3.74. The average molecular weight is 255 g/mol. The first kappa shape index (κ1) is 15.0. The smallest absolute Gasteiger partial charge is 0.407 e. The number of hydrogen-bond acceptors (Lipinski definition) is 3. The minimum atomic E-state index is -0.509. The van der Waals surface area contributed by atoms with E-state index < -0.39 is 6.09 Å². The van der Waals surface area contributed by atoms with Gasteiger partial charge in [-0.1, -0.05) is 46.0 Å². The zero-order valence-electron chi connectivity index (χ0n) is 11.7. The number of amides is 1. The predicted octanol–water partition coefficient (Wildman–Crippen LogP) is 2.91. The van der Waals surface area contributed by atoms with Gasteiger partial charge < -0.3 is 10.1 Å². The van der Waals surface area contributed by atoms with Crippen LogP contribution in [0.1, 0.15) is 52.4 Å². The summed E-state index contributed by atoms with van der Waals surface area (Å²) in [6, 6.07) is -0.388. The van der Waals surface area contributed by atoms with E-state index >= 15 is 0 Å². The van der Waals surface area contributed by atoms with E-state index in [0.717, 1.165) is 6.42 Å². The highest BCUT2D eigenvalue weighted by Crippen LogP contribution is 2.28. The first-order valence-corrected chi connectivity index (χ1v) is 6.92. The van der Waals surface area contributed by atoms with E-state index in [0.29, 0.717) is 5.92 Å². The van der Waals surface area contributed by atoms with Gasteiger partial charge in [0.1, 0.15) is 0 Å². The van der Waals surface area contributed by atoms with Crippen molar-refractivity contribution < 1.29 is 14.3 Å².